The number of benzene rings is 1. The Morgan fingerprint density at radius 2 is 1.93 bits per heavy atom. The minimum atomic E-state index is -0.374. The van der Waals surface area contributed by atoms with Crippen molar-refractivity contribution in [1.82, 2.24) is 14.8 Å². The molecule has 1 aromatic carbocycles. The molecule has 1 saturated carbocycles. The van der Waals surface area contributed by atoms with Crippen molar-refractivity contribution in [3.05, 3.63) is 29.8 Å². The second-order valence-corrected chi connectivity index (χ2v) is 8.06. The first-order chi connectivity index (χ1) is 14.7. The van der Waals surface area contributed by atoms with Crippen LogP contribution >= 0.6 is 11.8 Å². The van der Waals surface area contributed by atoms with Crippen LogP contribution in [0.5, 0.6) is 0 Å². The van der Waals surface area contributed by atoms with Gasteiger partial charge in [0.05, 0.1) is 31.1 Å². The molecule has 30 heavy (non-hydrogen) atoms. The summed E-state index contributed by atoms with van der Waals surface area (Å²) in [4.78, 5) is 26.3. The molecule has 1 N–H and O–H groups in total. The number of rotatable bonds is 8. The SMILES string of the molecule is CCOC(=O)c1ccc(NC(=O)CSc2nnc(N3CCOCC3)n2C2CC2)cc1. The largest absolute Gasteiger partial charge is 0.462 e. The molecular weight excluding hydrogens is 406 g/mol. The lowest BCUT2D eigenvalue weighted by Crippen LogP contribution is -2.38. The Kier molecular flexibility index (Phi) is 6.53. The summed E-state index contributed by atoms with van der Waals surface area (Å²) in [5.41, 5.74) is 1.09. The van der Waals surface area contributed by atoms with Crippen LogP contribution in [0.25, 0.3) is 0 Å². The summed E-state index contributed by atoms with van der Waals surface area (Å²) in [5, 5.41) is 12.4. The van der Waals surface area contributed by atoms with Gasteiger partial charge in [-0.3, -0.25) is 9.36 Å². The number of amides is 1. The molecule has 2 fully saturated rings. The molecule has 1 aromatic heterocycles. The molecule has 2 aliphatic rings. The highest BCUT2D eigenvalue weighted by atomic mass is 32.2. The fraction of sp³-hybridized carbons (Fsp3) is 0.500. The van der Waals surface area contributed by atoms with E-state index in [-0.39, 0.29) is 17.6 Å². The molecule has 0 radical (unpaired) electrons. The van der Waals surface area contributed by atoms with Gasteiger partial charge in [-0.05, 0) is 44.0 Å². The smallest absolute Gasteiger partial charge is 0.338 e. The molecule has 0 unspecified atom stereocenters. The number of esters is 1. The van der Waals surface area contributed by atoms with Crippen molar-refractivity contribution < 1.29 is 19.1 Å². The van der Waals surface area contributed by atoms with Crippen molar-refractivity contribution in [2.75, 3.05) is 48.9 Å². The highest BCUT2D eigenvalue weighted by Crippen LogP contribution is 2.41. The lowest BCUT2D eigenvalue weighted by molar-refractivity contribution is -0.113. The van der Waals surface area contributed by atoms with Crippen LogP contribution in [0.2, 0.25) is 0 Å². The maximum absolute atomic E-state index is 12.4. The second-order valence-electron chi connectivity index (χ2n) is 7.12. The minimum Gasteiger partial charge on any atom is -0.462 e. The number of hydrogen-bond acceptors (Lipinski definition) is 8. The van der Waals surface area contributed by atoms with Crippen LogP contribution in [0.3, 0.4) is 0 Å². The van der Waals surface area contributed by atoms with Gasteiger partial charge in [0.25, 0.3) is 0 Å². The number of carbonyl (C=O) groups is 2. The zero-order valence-electron chi connectivity index (χ0n) is 16.9. The summed E-state index contributed by atoms with van der Waals surface area (Å²) in [6.45, 7) is 5.08. The molecule has 1 aliphatic carbocycles. The van der Waals surface area contributed by atoms with Crippen molar-refractivity contribution >= 4 is 35.3 Å². The first-order valence-electron chi connectivity index (χ1n) is 10.1. The average molecular weight is 432 g/mol. The van der Waals surface area contributed by atoms with E-state index in [2.05, 4.69) is 25.0 Å². The predicted octanol–water partition coefficient (Wildman–Crippen LogP) is 2.36. The maximum Gasteiger partial charge on any atom is 0.338 e. The summed E-state index contributed by atoms with van der Waals surface area (Å²) < 4.78 is 12.6. The molecular formula is C20H25N5O4S. The Morgan fingerprint density at radius 1 is 1.20 bits per heavy atom. The van der Waals surface area contributed by atoms with Crippen LogP contribution in [0.1, 0.15) is 36.2 Å². The number of hydrogen-bond donors (Lipinski definition) is 1. The van der Waals surface area contributed by atoms with Crippen LogP contribution in [0.4, 0.5) is 11.6 Å². The van der Waals surface area contributed by atoms with Gasteiger partial charge in [0.2, 0.25) is 11.9 Å². The normalized spacial score (nSPS) is 16.4. The number of ether oxygens (including phenoxy) is 2. The summed E-state index contributed by atoms with van der Waals surface area (Å²) in [7, 11) is 0. The number of carbonyl (C=O) groups excluding carboxylic acids is 2. The van der Waals surface area contributed by atoms with Gasteiger partial charge in [0.15, 0.2) is 5.16 Å². The Hall–Kier alpha value is -2.59. The fourth-order valence-electron chi connectivity index (χ4n) is 3.23. The van der Waals surface area contributed by atoms with E-state index < -0.39 is 0 Å². The molecule has 1 aliphatic heterocycles. The van der Waals surface area contributed by atoms with E-state index in [4.69, 9.17) is 9.47 Å². The minimum absolute atomic E-state index is 0.137. The number of morpholine rings is 1. The molecule has 0 spiro atoms. The van der Waals surface area contributed by atoms with Crippen LogP contribution in [0.15, 0.2) is 29.4 Å². The number of thioether (sulfide) groups is 1. The number of anilines is 2. The molecule has 0 bridgehead atoms. The van der Waals surface area contributed by atoms with E-state index in [1.807, 2.05) is 0 Å². The predicted molar refractivity (Wildman–Crippen MR) is 113 cm³/mol. The molecule has 9 nitrogen and oxygen atoms in total. The van der Waals surface area contributed by atoms with Crippen molar-refractivity contribution in [2.24, 2.45) is 0 Å². The van der Waals surface area contributed by atoms with Crippen molar-refractivity contribution in [3.63, 3.8) is 0 Å². The zero-order chi connectivity index (χ0) is 20.9. The number of nitrogens with one attached hydrogen (secondary N) is 1. The Morgan fingerprint density at radius 3 is 2.60 bits per heavy atom. The van der Waals surface area contributed by atoms with E-state index in [9.17, 15) is 9.59 Å². The zero-order valence-corrected chi connectivity index (χ0v) is 17.7. The Bertz CT molecular complexity index is 891. The summed E-state index contributed by atoms with van der Waals surface area (Å²) in [5.74, 6) is 0.593. The van der Waals surface area contributed by atoms with E-state index in [0.29, 0.717) is 37.1 Å². The van der Waals surface area contributed by atoms with Gasteiger partial charge in [0.1, 0.15) is 0 Å². The van der Waals surface area contributed by atoms with Crippen molar-refractivity contribution in [1.29, 1.82) is 0 Å². The van der Waals surface area contributed by atoms with Gasteiger partial charge in [-0.25, -0.2) is 4.79 Å². The Labute approximate surface area is 179 Å². The van der Waals surface area contributed by atoms with E-state index in [1.165, 1.54) is 11.8 Å². The van der Waals surface area contributed by atoms with Crippen LogP contribution in [-0.2, 0) is 14.3 Å². The Balaban J connectivity index is 1.35. The number of aromatic nitrogens is 3. The van der Waals surface area contributed by atoms with E-state index in [0.717, 1.165) is 37.0 Å². The molecule has 1 amide bonds. The lowest BCUT2D eigenvalue weighted by Gasteiger charge is -2.27. The van der Waals surface area contributed by atoms with Gasteiger partial charge < -0.3 is 19.7 Å². The quantitative estimate of drug-likeness (QED) is 0.502. The molecule has 0 atom stereocenters. The highest BCUT2D eigenvalue weighted by molar-refractivity contribution is 7.99. The lowest BCUT2D eigenvalue weighted by atomic mass is 10.2. The van der Waals surface area contributed by atoms with Gasteiger partial charge in [-0.15, -0.1) is 10.2 Å². The topological polar surface area (TPSA) is 98.6 Å². The average Bonchev–Trinajstić information content (AvgIpc) is 3.52. The van der Waals surface area contributed by atoms with Crippen LogP contribution < -0.4 is 10.2 Å². The van der Waals surface area contributed by atoms with Crippen molar-refractivity contribution in [2.45, 2.75) is 31.0 Å². The monoisotopic (exact) mass is 431 g/mol. The third kappa shape index (κ3) is 4.93. The molecule has 2 aromatic rings. The van der Waals surface area contributed by atoms with Crippen molar-refractivity contribution in [3.8, 4) is 0 Å². The van der Waals surface area contributed by atoms with Crippen LogP contribution in [-0.4, -0.2) is 65.3 Å². The van der Waals surface area contributed by atoms with Gasteiger partial charge in [0, 0.05) is 24.8 Å². The van der Waals surface area contributed by atoms with E-state index >= 15 is 0 Å². The first kappa shape index (κ1) is 20.7. The van der Waals surface area contributed by atoms with E-state index in [1.54, 1.807) is 31.2 Å². The number of nitrogens with zero attached hydrogens (tertiary/aromatic N) is 4. The molecule has 160 valence electrons. The maximum atomic E-state index is 12.4. The molecule has 1 saturated heterocycles. The summed E-state index contributed by atoms with van der Waals surface area (Å²) >= 11 is 1.39. The first-order valence-corrected chi connectivity index (χ1v) is 11.1. The molecule has 2 heterocycles. The third-order valence-electron chi connectivity index (χ3n) is 4.86. The second kappa shape index (κ2) is 9.48. The molecule has 10 heteroatoms. The molecule has 4 rings (SSSR count). The standard InChI is InChI=1S/C20H25N5O4S/c1-2-29-18(27)14-3-5-15(6-4-14)21-17(26)13-30-20-23-22-19(25(20)16-7-8-16)24-9-11-28-12-10-24/h3-6,16H,2,7-13H2,1H3,(H,21,26). The fourth-order valence-corrected chi connectivity index (χ4v) is 4.03. The summed E-state index contributed by atoms with van der Waals surface area (Å²) in [6.07, 6.45) is 2.23. The van der Waals surface area contributed by atoms with Gasteiger partial charge in [-0.2, -0.15) is 0 Å². The third-order valence-corrected chi connectivity index (χ3v) is 5.81. The van der Waals surface area contributed by atoms with Gasteiger partial charge in [-0.1, -0.05) is 11.8 Å². The van der Waals surface area contributed by atoms with Gasteiger partial charge >= 0.3 is 5.97 Å². The highest BCUT2D eigenvalue weighted by Gasteiger charge is 2.32. The van der Waals surface area contributed by atoms with Crippen LogP contribution in [0, 0.1) is 0 Å². The summed E-state index contributed by atoms with van der Waals surface area (Å²) in [6, 6.07) is 7.08.